The van der Waals surface area contributed by atoms with Gasteiger partial charge in [-0.05, 0) is 38.5 Å². The smallest absolute Gasteiger partial charge is 0.459 e. The fraction of sp³-hybridized carbons (Fsp3) is 0.467. The summed E-state index contributed by atoms with van der Waals surface area (Å²) in [6.45, 7) is 5.24. The quantitative estimate of drug-likeness (QED) is 0.296. The van der Waals surface area contributed by atoms with Gasteiger partial charge in [-0.2, -0.15) is 0 Å². The lowest BCUT2D eigenvalue weighted by Crippen LogP contribution is -2.38. The summed E-state index contributed by atoms with van der Waals surface area (Å²) in [5, 5.41) is 2.60. The molecule has 1 rings (SSSR count). The molecule has 0 saturated carbocycles. The van der Waals surface area contributed by atoms with Gasteiger partial charge in [-0.15, -0.1) is 37.1 Å². The van der Waals surface area contributed by atoms with Crippen LogP contribution >= 0.6 is 24.0 Å². The second kappa shape index (κ2) is 9.68. The average Bonchev–Trinajstić information content (AvgIpc) is 2.41. The van der Waals surface area contributed by atoms with E-state index < -0.39 is 17.9 Å². The van der Waals surface area contributed by atoms with Crippen LogP contribution in [-0.2, 0) is 16.1 Å². The molecule has 0 saturated heterocycles. The summed E-state index contributed by atoms with van der Waals surface area (Å²) in [6.07, 6.45) is -4.73. The van der Waals surface area contributed by atoms with E-state index in [1.165, 1.54) is 24.3 Å². The number of hydrogen-bond acceptors (Lipinski definition) is 4. The number of benzene rings is 1. The lowest BCUT2D eigenvalue weighted by Gasteiger charge is -2.19. The summed E-state index contributed by atoms with van der Waals surface area (Å²) >= 11 is 0. The summed E-state index contributed by atoms with van der Waals surface area (Å²) in [7, 11) is 0. The zero-order valence-corrected chi connectivity index (χ0v) is 16.3. The number of nitrogens with two attached hydrogens (primary N) is 1. The van der Waals surface area contributed by atoms with Gasteiger partial charge in [0.15, 0.2) is 5.96 Å². The van der Waals surface area contributed by atoms with Crippen molar-refractivity contribution in [1.82, 2.24) is 5.32 Å². The number of nitrogens with one attached hydrogen (secondary N) is 1. The Kier molecular flexibility index (Phi) is 9.02. The van der Waals surface area contributed by atoms with Gasteiger partial charge in [0, 0.05) is 0 Å². The lowest BCUT2D eigenvalue weighted by molar-refractivity contribution is -0.274. The number of ether oxygens (including phenoxy) is 2. The third-order valence-corrected chi connectivity index (χ3v) is 2.42. The summed E-state index contributed by atoms with van der Waals surface area (Å²) in [5.74, 6) is -0.767. The molecule has 0 heterocycles. The van der Waals surface area contributed by atoms with Crippen molar-refractivity contribution in [2.75, 3.05) is 6.54 Å². The highest BCUT2D eigenvalue weighted by Crippen LogP contribution is 2.22. The predicted molar refractivity (Wildman–Crippen MR) is 97.7 cm³/mol. The van der Waals surface area contributed by atoms with Crippen LogP contribution in [0.1, 0.15) is 26.3 Å². The van der Waals surface area contributed by atoms with E-state index in [4.69, 9.17) is 10.5 Å². The molecule has 0 spiro atoms. The molecule has 10 heteroatoms. The highest BCUT2D eigenvalue weighted by atomic mass is 127. The highest BCUT2D eigenvalue weighted by molar-refractivity contribution is 14.0. The Morgan fingerprint density at radius 3 is 2.24 bits per heavy atom. The summed E-state index contributed by atoms with van der Waals surface area (Å²) in [6, 6.07) is 5.24. The first-order valence-corrected chi connectivity index (χ1v) is 7.05. The molecule has 0 unspecified atom stereocenters. The van der Waals surface area contributed by atoms with Crippen molar-refractivity contribution in [2.24, 2.45) is 10.7 Å². The maximum Gasteiger partial charge on any atom is 0.573 e. The van der Waals surface area contributed by atoms with Crippen LogP contribution in [0.5, 0.6) is 5.75 Å². The molecule has 0 aromatic heterocycles. The number of halogens is 4. The summed E-state index contributed by atoms with van der Waals surface area (Å²) < 4.78 is 45.0. The molecule has 0 aliphatic heterocycles. The Bertz CT molecular complexity index is 584. The van der Waals surface area contributed by atoms with Crippen molar-refractivity contribution in [1.29, 1.82) is 0 Å². The zero-order chi connectivity index (χ0) is 18.4. The van der Waals surface area contributed by atoms with Crippen LogP contribution < -0.4 is 15.8 Å². The van der Waals surface area contributed by atoms with Crippen LogP contribution in [-0.4, -0.2) is 30.4 Å². The fourth-order valence-electron chi connectivity index (χ4n) is 1.57. The molecular formula is C15H21F3IN3O3. The largest absolute Gasteiger partial charge is 0.573 e. The standard InChI is InChI=1S/C15H20F3N3O3.HI/c1-14(2,3)24-12(22)9-21-13(19)20-8-10-4-6-11(7-5-10)23-15(16,17)18;/h4-7H,8-9H2,1-3H3,(H3,19,20,21);1H. The third-order valence-electron chi connectivity index (χ3n) is 2.42. The van der Waals surface area contributed by atoms with E-state index in [0.717, 1.165) is 0 Å². The maximum absolute atomic E-state index is 12.0. The number of hydrogen-bond donors (Lipinski definition) is 2. The summed E-state index contributed by atoms with van der Waals surface area (Å²) in [4.78, 5) is 15.5. The van der Waals surface area contributed by atoms with Gasteiger partial charge in [-0.3, -0.25) is 4.79 Å². The fourth-order valence-corrected chi connectivity index (χ4v) is 1.57. The first kappa shape index (κ1) is 23.3. The van der Waals surface area contributed by atoms with E-state index in [-0.39, 0.29) is 48.8 Å². The SMILES string of the molecule is CC(C)(C)OC(=O)CNC(N)=NCc1ccc(OC(F)(F)F)cc1.I. The number of esters is 1. The molecule has 0 fully saturated rings. The van der Waals surface area contributed by atoms with Crippen molar-refractivity contribution in [3.05, 3.63) is 29.8 Å². The summed E-state index contributed by atoms with van der Waals surface area (Å²) in [5.41, 5.74) is 5.64. The molecule has 25 heavy (non-hydrogen) atoms. The van der Waals surface area contributed by atoms with Crippen LogP contribution in [0, 0.1) is 0 Å². The number of nitrogens with zero attached hydrogens (tertiary/aromatic N) is 1. The zero-order valence-electron chi connectivity index (χ0n) is 14.0. The first-order valence-electron chi connectivity index (χ1n) is 7.05. The average molecular weight is 475 g/mol. The maximum atomic E-state index is 12.0. The number of rotatable bonds is 5. The van der Waals surface area contributed by atoms with Gasteiger partial charge < -0.3 is 20.5 Å². The molecule has 3 N–H and O–H groups in total. The van der Waals surface area contributed by atoms with Gasteiger partial charge in [0.2, 0.25) is 0 Å². The van der Waals surface area contributed by atoms with Crippen LogP contribution in [0.3, 0.4) is 0 Å². The van der Waals surface area contributed by atoms with E-state index in [1.54, 1.807) is 20.8 Å². The minimum atomic E-state index is -4.73. The third kappa shape index (κ3) is 11.5. The molecule has 1 aromatic rings. The molecule has 0 aliphatic carbocycles. The molecule has 142 valence electrons. The second-order valence-electron chi connectivity index (χ2n) is 5.83. The number of carbonyl (C=O) groups is 1. The van der Waals surface area contributed by atoms with E-state index in [9.17, 15) is 18.0 Å². The molecular weight excluding hydrogens is 454 g/mol. The van der Waals surface area contributed by atoms with Gasteiger partial charge >= 0.3 is 12.3 Å². The van der Waals surface area contributed by atoms with Crippen molar-refractivity contribution in [2.45, 2.75) is 39.3 Å². The van der Waals surface area contributed by atoms with Gasteiger partial charge in [0.05, 0.1) is 6.54 Å². The first-order chi connectivity index (χ1) is 10.9. The van der Waals surface area contributed by atoms with E-state index in [0.29, 0.717) is 5.56 Å². The monoisotopic (exact) mass is 475 g/mol. The topological polar surface area (TPSA) is 85.9 Å². The highest BCUT2D eigenvalue weighted by Gasteiger charge is 2.30. The van der Waals surface area contributed by atoms with Crippen LogP contribution in [0.15, 0.2) is 29.3 Å². The van der Waals surface area contributed by atoms with Gasteiger partial charge in [-0.1, -0.05) is 12.1 Å². The Morgan fingerprint density at radius 1 is 1.20 bits per heavy atom. The molecule has 0 radical (unpaired) electrons. The minimum absolute atomic E-state index is 0. The number of aliphatic imine (C=N–C) groups is 1. The molecule has 0 atom stereocenters. The molecule has 0 aliphatic rings. The van der Waals surface area contributed by atoms with Crippen molar-refractivity contribution in [3.8, 4) is 5.75 Å². The Balaban J connectivity index is 0.00000576. The number of guanidine groups is 1. The second-order valence-corrected chi connectivity index (χ2v) is 5.83. The Morgan fingerprint density at radius 2 is 1.76 bits per heavy atom. The van der Waals surface area contributed by atoms with Crippen LogP contribution in [0.25, 0.3) is 0 Å². The lowest BCUT2D eigenvalue weighted by atomic mass is 10.2. The van der Waals surface area contributed by atoms with Crippen molar-refractivity contribution in [3.63, 3.8) is 0 Å². The van der Waals surface area contributed by atoms with Crippen LogP contribution in [0.2, 0.25) is 0 Å². The molecule has 1 aromatic carbocycles. The number of carbonyl (C=O) groups excluding carboxylic acids is 1. The van der Waals surface area contributed by atoms with Gasteiger partial charge in [0.1, 0.15) is 17.9 Å². The van der Waals surface area contributed by atoms with Crippen LogP contribution in [0.4, 0.5) is 13.2 Å². The normalized spacial score (nSPS) is 12.2. The molecule has 0 bridgehead atoms. The molecule has 6 nitrogen and oxygen atoms in total. The molecule has 0 amide bonds. The number of alkyl halides is 3. The Hall–Kier alpha value is -1.72. The van der Waals surface area contributed by atoms with E-state index in [1.807, 2.05) is 0 Å². The van der Waals surface area contributed by atoms with Gasteiger partial charge in [-0.25, -0.2) is 4.99 Å². The van der Waals surface area contributed by atoms with E-state index >= 15 is 0 Å². The minimum Gasteiger partial charge on any atom is -0.459 e. The van der Waals surface area contributed by atoms with Crippen molar-refractivity contribution < 1.29 is 27.4 Å². The van der Waals surface area contributed by atoms with E-state index in [2.05, 4.69) is 15.0 Å². The van der Waals surface area contributed by atoms with Gasteiger partial charge in [0.25, 0.3) is 0 Å². The Labute approximate surface area is 161 Å². The predicted octanol–water partition coefficient (Wildman–Crippen LogP) is 2.95. The van der Waals surface area contributed by atoms with Crippen molar-refractivity contribution >= 4 is 35.9 Å².